The van der Waals surface area contributed by atoms with E-state index in [1.54, 1.807) is 0 Å². The summed E-state index contributed by atoms with van der Waals surface area (Å²) in [6.07, 6.45) is 14.5. The maximum absolute atomic E-state index is 2.55. The number of hydrogen-bond acceptors (Lipinski definition) is 2. The summed E-state index contributed by atoms with van der Waals surface area (Å²) in [5, 5.41) is 7.44. The third-order valence-corrected chi connectivity index (χ3v) is 16.4. The Morgan fingerprint density at radius 1 is 0.378 bits per heavy atom. The molecule has 0 bridgehead atoms. The Labute approximate surface area is 433 Å². The minimum atomic E-state index is 0.272. The molecule has 350 valence electrons. The van der Waals surface area contributed by atoms with Gasteiger partial charge in [0.1, 0.15) is 0 Å². The number of nitrogens with zero attached hydrogens (tertiary/aromatic N) is 2. The molecular weight excluding hydrogens is 893 g/mol. The van der Waals surface area contributed by atoms with Crippen LogP contribution in [0.5, 0.6) is 0 Å². The van der Waals surface area contributed by atoms with Gasteiger partial charge >= 0.3 is 0 Å². The van der Waals surface area contributed by atoms with Crippen LogP contribution in [-0.2, 0) is 19.3 Å². The summed E-state index contributed by atoms with van der Waals surface area (Å²) in [5.41, 5.74) is 24.4. The van der Waals surface area contributed by atoms with Crippen LogP contribution < -0.4 is 9.80 Å². The first-order chi connectivity index (χ1) is 36.7. The predicted octanol–water partition coefficient (Wildman–Crippen LogP) is 19.2. The van der Waals surface area contributed by atoms with E-state index in [4.69, 9.17) is 0 Å². The van der Waals surface area contributed by atoms with Crippen molar-refractivity contribution in [2.75, 3.05) is 9.80 Å². The average molecular weight is 945 g/mol. The van der Waals surface area contributed by atoms with E-state index in [9.17, 15) is 0 Å². The van der Waals surface area contributed by atoms with Gasteiger partial charge in [-0.2, -0.15) is 0 Å². The van der Waals surface area contributed by atoms with Crippen LogP contribution in [0.1, 0.15) is 52.1 Å². The standard InChI is InChI=1S/C72H52N2/c1-3-17-49-39-53(33-31-47(49)15-1)51-23-13-25-59(41-51)71-63-37-35-62(74-69-29-11-7-21-57(69)44-58-22-8-12-30-70(58)74)46-66(63)72(60-26-14-24-52(42-60)54-34-32-48-16-2-4-18-50(48)40-54)64-38-36-61(45-65(64)71)73-67-27-9-5-19-55(67)43-56-20-6-10-28-68(56)73/h1-7,9-21,23-39,41-42,45-46,54H,8,22,40,43-44H2. The molecule has 0 N–H and O–H groups in total. The number of anilines is 5. The van der Waals surface area contributed by atoms with Gasteiger partial charge in [0.2, 0.25) is 0 Å². The van der Waals surface area contributed by atoms with Gasteiger partial charge in [-0.3, -0.25) is 0 Å². The van der Waals surface area contributed by atoms with Crippen molar-refractivity contribution in [3.8, 4) is 33.4 Å². The second kappa shape index (κ2) is 17.4. The van der Waals surface area contributed by atoms with E-state index in [1.165, 1.54) is 133 Å². The van der Waals surface area contributed by atoms with Crippen LogP contribution >= 0.6 is 0 Å². The van der Waals surface area contributed by atoms with Crippen molar-refractivity contribution in [3.63, 3.8) is 0 Å². The molecule has 11 aromatic rings. The predicted molar refractivity (Wildman–Crippen MR) is 312 cm³/mol. The third-order valence-electron chi connectivity index (χ3n) is 16.4. The van der Waals surface area contributed by atoms with Crippen LogP contribution in [0, 0.1) is 0 Å². The summed E-state index contributed by atoms with van der Waals surface area (Å²) in [6, 6.07) is 84.8. The van der Waals surface area contributed by atoms with Crippen molar-refractivity contribution in [2.24, 2.45) is 0 Å². The largest absolute Gasteiger partial charge is 0.310 e. The Morgan fingerprint density at radius 3 is 1.70 bits per heavy atom. The van der Waals surface area contributed by atoms with Crippen LogP contribution in [0.3, 0.4) is 0 Å². The van der Waals surface area contributed by atoms with Crippen molar-refractivity contribution >= 4 is 66.8 Å². The van der Waals surface area contributed by atoms with E-state index < -0.39 is 0 Å². The van der Waals surface area contributed by atoms with Crippen LogP contribution in [-0.4, -0.2) is 0 Å². The number of benzene rings is 11. The van der Waals surface area contributed by atoms with Gasteiger partial charge in [0.05, 0.1) is 0 Å². The number of allylic oxidation sites excluding steroid dienone is 4. The molecule has 0 saturated carbocycles. The summed E-state index contributed by atoms with van der Waals surface area (Å²) in [7, 11) is 0. The zero-order chi connectivity index (χ0) is 48.7. The van der Waals surface area contributed by atoms with Gasteiger partial charge in [-0.25, -0.2) is 0 Å². The summed E-state index contributed by atoms with van der Waals surface area (Å²) in [5.74, 6) is 0.272. The van der Waals surface area contributed by atoms with Crippen molar-refractivity contribution in [2.45, 2.75) is 38.0 Å². The summed E-state index contributed by atoms with van der Waals surface area (Å²) in [6.45, 7) is 0. The minimum Gasteiger partial charge on any atom is -0.310 e. The monoisotopic (exact) mass is 944 g/mol. The van der Waals surface area contributed by atoms with Gasteiger partial charge < -0.3 is 9.80 Å². The van der Waals surface area contributed by atoms with Gasteiger partial charge in [-0.1, -0.05) is 188 Å². The number of para-hydroxylation sites is 3. The molecule has 2 heterocycles. The molecule has 2 nitrogen and oxygen atoms in total. The molecule has 2 aliphatic heterocycles. The molecule has 4 aliphatic rings. The lowest BCUT2D eigenvalue weighted by molar-refractivity contribution is 0.827. The SMILES string of the molecule is C1=CC2=C(CC1)Cc1ccccc1N2c1ccc2c(-c3cccc(-c4ccc5ccccc5c4)c3)c3cc(N4c5ccccc5Cc5ccccc54)ccc3c(-c3cccc(C4C=Cc5ccccc5C4)c3)c2c1. The summed E-state index contributed by atoms with van der Waals surface area (Å²) in [4.78, 5) is 5.05. The van der Waals surface area contributed by atoms with Gasteiger partial charge in [0.25, 0.3) is 0 Å². The Kier molecular flexibility index (Phi) is 10.0. The highest BCUT2D eigenvalue weighted by atomic mass is 15.2. The van der Waals surface area contributed by atoms with Gasteiger partial charge in [-0.15, -0.1) is 0 Å². The van der Waals surface area contributed by atoms with Crippen LogP contribution in [0.25, 0.3) is 71.8 Å². The van der Waals surface area contributed by atoms with E-state index in [-0.39, 0.29) is 5.92 Å². The maximum atomic E-state index is 2.55. The van der Waals surface area contributed by atoms with Crippen LogP contribution in [0.2, 0.25) is 0 Å². The van der Waals surface area contributed by atoms with Gasteiger partial charge in [-0.05, 0) is 191 Å². The molecule has 0 spiro atoms. The second-order valence-electron chi connectivity index (χ2n) is 20.7. The first-order valence-electron chi connectivity index (χ1n) is 26.4. The molecule has 1 unspecified atom stereocenters. The van der Waals surface area contributed by atoms with Crippen LogP contribution in [0.15, 0.2) is 254 Å². The molecule has 11 aromatic carbocycles. The molecule has 0 amide bonds. The Bertz CT molecular complexity index is 4160. The molecule has 2 aliphatic carbocycles. The van der Waals surface area contributed by atoms with E-state index in [0.717, 1.165) is 37.8 Å². The first kappa shape index (κ1) is 42.7. The lowest BCUT2D eigenvalue weighted by Crippen LogP contribution is -2.24. The van der Waals surface area contributed by atoms with Gasteiger partial charge in [0, 0.05) is 46.5 Å². The third kappa shape index (κ3) is 7.08. The molecule has 0 fully saturated rings. The number of fused-ring (bicyclic) bond motifs is 7. The van der Waals surface area contributed by atoms with Crippen molar-refractivity contribution in [1.82, 2.24) is 0 Å². The van der Waals surface area contributed by atoms with E-state index >= 15 is 0 Å². The number of rotatable bonds is 6. The fourth-order valence-electron chi connectivity index (χ4n) is 12.9. The van der Waals surface area contributed by atoms with E-state index in [2.05, 4.69) is 259 Å². The lowest BCUT2D eigenvalue weighted by Gasteiger charge is -2.36. The fourth-order valence-corrected chi connectivity index (χ4v) is 12.9. The smallest absolute Gasteiger partial charge is 0.0497 e. The molecular formula is C72H52N2. The fraction of sp³-hybridized carbons (Fsp3) is 0.0833. The highest BCUT2D eigenvalue weighted by molar-refractivity contribution is 6.23. The molecule has 0 radical (unpaired) electrons. The topological polar surface area (TPSA) is 6.48 Å². The second-order valence-corrected chi connectivity index (χ2v) is 20.7. The van der Waals surface area contributed by atoms with E-state index in [0.29, 0.717) is 0 Å². The highest BCUT2D eigenvalue weighted by Crippen LogP contribution is 2.51. The maximum Gasteiger partial charge on any atom is 0.0497 e. The van der Waals surface area contributed by atoms with Crippen molar-refractivity contribution < 1.29 is 0 Å². The first-order valence-corrected chi connectivity index (χ1v) is 26.4. The Hall–Kier alpha value is -8.98. The van der Waals surface area contributed by atoms with Crippen molar-refractivity contribution in [3.05, 3.63) is 287 Å². The zero-order valence-corrected chi connectivity index (χ0v) is 41.2. The quantitative estimate of drug-likeness (QED) is 0.153. The molecule has 74 heavy (non-hydrogen) atoms. The normalized spacial score (nSPS) is 15.5. The van der Waals surface area contributed by atoms with Crippen LogP contribution in [0.4, 0.5) is 28.4 Å². The number of hydrogen-bond donors (Lipinski definition) is 0. The average Bonchev–Trinajstić information content (AvgIpc) is 3.48. The minimum absolute atomic E-state index is 0.272. The van der Waals surface area contributed by atoms with Gasteiger partial charge in [0.15, 0.2) is 0 Å². The molecule has 1 atom stereocenters. The lowest BCUT2D eigenvalue weighted by atomic mass is 9.82. The summed E-state index contributed by atoms with van der Waals surface area (Å²) >= 11 is 0. The molecule has 2 heteroatoms. The molecule has 15 rings (SSSR count). The highest BCUT2D eigenvalue weighted by Gasteiger charge is 2.29. The Balaban J connectivity index is 1.02. The van der Waals surface area contributed by atoms with Crippen molar-refractivity contribution in [1.29, 1.82) is 0 Å². The Morgan fingerprint density at radius 2 is 0.959 bits per heavy atom. The molecule has 0 aromatic heterocycles. The van der Waals surface area contributed by atoms with E-state index in [1.807, 2.05) is 0 Å². The molecule has 0 saturated heterocycles. The zero-order valence-electron chi connectivity index (χ0n) is 41.2. The summed E-state index contributed by atoms with van der Waals surface area (Å²) < 4.78 is 0.